The van der Waals surface area contributed by atoms with E-state index in [0.717, 1.165) is 23.3 Å². The fourth-order valence-corrected chi connectivity index (χ4v) is 2.27. The van der Waals surface area contributed by atoms with Crippen molar-refractivity contribution in [3.63, 3.8) is 0 Å². The summed E-state index contributed by atoms with van der Waals surface area (Å²) in [5.41, 5.74) is 8.27. The second kappa shape index (κ2) is 7.34. The van der Waals surface area contributed by atoms with Gasteiger partial charge in [-0.1, -0.05) is 36.7 Å². The molecular weight excluding hydrogens is 286 g/mol. The molecule has 0 fully saturated rings. The molecule has 0 saturated carbocycles. The van der Waals surface area contributed by atoms with Gasteiger partial charge in [0.2, 0.25) is 0 Å². The number of nitrogens with two attached hydrogens (primary N) is 1. The standard InChI is InChI=1S/C17H20ClNO2/c1-3-9-21-14-6-4-5-12(10-14)17(19)13-7-8-15(18)16(11-13)20-2/h4-8,10-11,17H,3,9,19H2,1-2H3. The van der Waals surface area contributed by atoms with E-state index in [9.17, 15) is 0 Å². The van der Waals surface area contributed by atoms with Crippen LogP contribution >= 0.6 is 11.6 Å². The first-order valence-electron chi connectivity index (χ1n) is 6.97. The van der Waals surface area contributed by atoms with E-state index in [4.69, 9.17) is 26.8 Å². The van der Waals surface area contributed by atoms with Gasteiger partial charge in [-0.25, -0.2) is 0 Å². The van der Waals surface area contributed by atoms with Crippen molar-refractivity contribution in [1.82, 2.24) is 0 Å². The summed E-state index contributed by atoms with van der Waals surface area (Å²) < 4.78 is 10.9. The average Bonchev–Trinajstić information content (AvgIpc) is 2.53. The lowest BCUT2D eigenvalue weighted by Crippen LogP contribution is -2.12. The Morgan fingerprint density at radius 3 is 2.62 bits per heavy atom. The van der Waals surface area contributed by atoms with Crippen LogP contribution in [-0.2, 0) is 0 Å². The highest BCUT2D eigenvalue weighted by molar-refractivity contribution is 6.32. The van der Waals surface area contributed by atoms with Crippen LogP contribution in [0.4, 0.5) is 0 Å². The molecule has 0 heterocycles. The minimum absolute atomic E-state index is 0.249. The Labute approximate surface area is 130 Å². The van der Waals surface area contributed by atoms with E-state index in [-0.39, 0.29) is 6.04 Å². The van der Waals surface area contributed by atoms with E-state index < -0.39 is 0 Å². The Morgan fingerprint density at radius 2 is 1.90 bits per heavy atom. The quantitative estimate of drug-likeness (QED) is 0.870. The lowest BCUT2D eigenvalue weighted by molar-refractivity contribution is 0.317. The van der Waals surface area contributed by atoms with Crippen molar-refractivity contribution in [3.8, 4) is 11.5 Å². The highest BCUT2D eigenvalue weighted by Gasteiger charge is 2.12. The van der Waals surface area contributed by atoms with Crippen molar-refractivity contribution < 1.29 is 9.47 Å². The number of hydrogen-bond acceptors (Lipinski definition) is 3. The third-order valence-electron chi connectivity index (χ3n) is 3.22. The Kier molecular flexibility index (Phi) is 5.48. The highest BCUT2D eigenvalue weighted by atomic mass is 35.5. The molecule has 4 heteroatoms. The van der Waals surface area contributed by atoms with Crippen molar-refractivity contribution in [2.75, 3.05) is 13.7 Å². The van der Waals surface area contributed by atoms with Crippen molar-refractivity contribution >= 4 is 11.6 Å². The number of hydrogen-bond donors (Lipinski definition) is 1. The molecule has 0 aliphatic carbocycles. The molecule has 0 saturated heterocycles. The molecule has 0 aliphatic rings. The van der Waals surface area contributed by atoms with Crippen molar-refractivity contribution in [1.29, 1.82) is 0 Å². The molecule has 2 aromatic carbocycles. The van der Waals surface area contributed by atoms with Gasteiger partial charge < -0.3 is 15.2 Å². The fourth-order valence-electron chi connectivity index (χ4n) is 2.08. The maximum absolute atomic E-state index is 6.33. The first kappa shape index (κ1) is 15.7. The molecule has 0 bridgehead atoms. The number of halogens is 1. The highest BCUT2D eigenvalue weighted by Crippen LogP contribution is 2.30. The molecule has 2 N–H and O–H groups in total. The molecule has 1 unspecified atom stereocenters. The van der Waals surface area contributed by atoms with Crippen LogP contribution in [0.15, 0.2) is 42.5 Å². The molecule has 0 aliphatic heterocycles. The van der Waals surface area contributed by atoms with Gasteiger partial charge in [-0.3, -0.25) is 0 Å². The van der Waals surface area contributed by atoms with E-state index in [1.165, 1.54) is 0 Å². The van der Waals surface area contributed by atoms with Gasteiger partial charge in [-0.2, -0.15) is 0 Å². The Hall–Kier alpha value is -1.71. The molecule has 1 atom stereocenters. The van der Waals surface area contributed by atoms with Crippen molar-refractivity contribution in [3.05, 3.63) is 58.6 Å². The fraction of sp³-hybridized carbons (Fsp3) is 0.294. The van der Waals surface area contributed by atoms with Gasteiger partial charge in [0.05, 0.1) is 24.8 Å². The van der Waals surface area contributed by atoms with Crippen LogP contribution in [0, 0.1) is 0 Å². The SMILES string of the molecule is CCCOc1cccc(C(N)c2ccc(Cl)c(OC)c2)c1. The van der Waals surface area contributed by atoms with Crippen molar-refractivity contribution in [2.24, 2.45) is 5.73 Å². The third-order valence-corrected chi connectivity index (χ3v) is 3.54. The summed E-state index contributed by atoms with van der Waals surface area (Å²) >= 11 is 6.04. The van der Waals surface area contributed by atoms with Crippen molar-refractivity contribution in [2.45, 2.75) is 19.4 Å². The molecular formula is C17H20ClNO2. The van der Waals surface area contributed by atoms with Gasteiger partial charge >= 0.3 is 0 Å². The second-order valence-electron chi connectivity index (χ2n) is 4.79. The summed E-state index contributed by atoms with van der Waals surface area (Å²) in [5.74, 6) is 1.47. The molecule has 0 aromatic heterocycles. The zero-order chi connectivity index (χ0) is 15.2. The van der Waals surface area contributed by atoms with Gasteiger partial charge in [-0.15, -0.1) is 0 Å². The zero-order valence-electron chi connectivity index (χ0n) is 12.3. The normalized spacial score (nSPS) is 12.0. The zero-order valence-corrected chi connectivity index (χ0v) is 13.1. The number of methoxy groups -OCH3 is 1. The minimum atomic E-state index is -0.249. The summed E-state index contributed by atoms with van der Waals surface area (Å²) in [6.45, 7) is 2.78. The monoisotopic (exact) mass is 305 g/mol. The van der Waals surface area contributed by atoms with E-state index in [1.54, 1.807) is 13.2 Å². The van der Waals surface area contributed by atoms with Gasteiger partial charge in [0.25, 0.3) is 0 Å². The Balaban J connectivity index is 2.24. The topological polar surface area (TPSA) is 44.5 Å². The van der Waals surface area contributed by atoms with Gasteiger partial charge in [0.15, 0.2) is 0 Å². The summed E-state index contributed by atoms with van der Waals surface area (Å²) in [5, 5.41) is 0.577. The van der Waals surface area contributed by atoms with Gasteiger partial charge in [0.1, 0.15) is 11.5 Å². The summed E-state index contributed by atoms with van der Waals surface area (Å²) in [7, 11) is 1.59. The van der Waals surface area contributed by atoms with E-state index in [1.807, 2.05) is 36.4 Å². The number of benzene rings is 2. The molecule has 112 valence electrons. The lowest BCUT2D eigenvalue weighted by Gasteiger charge is -2.15. The van der Waals surface area contributed by atoms with Crippen LogP contribution in [0.1, 0.15) is 30.5 Å². The predicted molar refractivity (Wildman–Crippen MR) is 86.3 cm³/mol. The van der Waals surface area contributed by atoms with Crippen LogP contribution < -0.4 is 15.2 Å². The molecule has 3 nitrogen and oxygen atoms in total. The first-order valence-corrected chi connectivity index (χ1v) is 7.35. The van der Waals surface area contributed by atoms with E-state index in [0.29, 0.717) is 17.4 Å². The van der Waals surface area contributed by atoms with Crippen LogP contribution in [0.3, 0.4) is 0 Å². The second-order valence-corrected chi connectivity index (χ2v) is 5.20. The molecule has 2 aromatic rings. The molecule has 0 radical (unpaired) electrons. The molecule has 0 amide bonds. The van der Waals surface area contributed by atoms with Gasteiger partial charge in [0, 0.05) is 0 Å². The number of ether oxygens (including phenoxy) is 2. The Bertz CT molecular complexity index is 601. The Morgan fingerprint density at radius 1 is 1.14 bits per heavy atom. The van der Waals surface area contributed by atoms with Crippen LogP contribution in [0.5, 0.6) is 11.5 Å². The molecule has 2 rings (SSSR count). The minimum Gasteiger partial charge on any atom is -0.495 e. The third kappa shape index (κ3) is 3.90. The van der Waals surface area contributed by atoms with Crippen LogP contribution in [-0.4, -0.2) is 13.7 Å². The number of rotatable bonds is 6. The van der Waals surface area contributed by atoms with Crippen LogP contribution in [0.25, 0.3) is 0 Å². The van der Waals surface area contributed by atoms with E-state index in [2.05, 4.69) is 6.92 Å². The van der Waals surface area contributed by atoms with Crippen LogP contribution in [0.2, 0.25) is 5.02 Å². The average molecular weight is 306 g/mol. The maximum atomic E-state index is 6.33. The van der Waals surface area contributed by atoms with E-state index >= 15 is 0 Å². The summed E-state index contributed by atoms with van der Waals surface area (Å²) in [6, 6.07) is 13.2. The summed E-state index contributed by atoms with van der Waals surface area (Å²) in [6.07, 6.45) is 0.977. The molecule has 21 heavy (non-hydrogen) atoms. The summed E-state index contributed by atoms with van der Waals surface area (Å²) in [4.78, 5) is 0. The smallest absolute Gasteiger partial charge is 0.137 e. The van der Waals surface area contributed by atoms with Gasteiger partial charge in [-0.05, 0) is 41.8 Å². The maximum Gasteiger partial charge on any atom is 0.137 e. The predicted octanol–water partition coefficient (Wildman–Crippen LogP) is 4.19. The molecule has 0 spiro atoms. The lowest BCUT2D eigenvalue weighted by atomic mass is 9.99. The largest absolute Gasteiger partial charge is 0.495 e. The first-order chi connectivity index (χ1) is 10.2.